The molecule has 2 fully saturated rings. The van der Waals surface area contributed by atoms with Crippen LogP contribution in [0.25, 0.3) is 0 Å². The van der Waals surface area contributed by atoms with Gasteiger partial charge in [0.15, 0.2) is 11.6 Å². The normalized spacial score (nSPS) is 31.5. The van der Waals surface area contributed by atoms with Crippen molar-refractivity contribution in [2.45, 2.75) is 62.6 Å². The van der Waals surface area contributed by atoms with E-state index in [-0.39, 0.29) is 24.0 Å². The zero-order valence-corrected chi connectivity index (χ0v) is 17.8. The number of hydrogen-bond acceptors (Lipinski definition) is 5. The quantitative estimate of drug-likeness (QED) is 0.788. The monoisotopic (exact) mass is 426 g/mol. The Morgan fingerprint density at radius 2 is 1.93 bits per heavy atom. The Kier molecular flexibility index (Phi) is 6.44. The lowest BCUT2D eigenvalue weighted by Crippen LogP contribution is -2.58. The van der Waals surface area contributed by atoms with E-state index in [1.807, 2.05) is 6.07 Å². The molecular weight excluding hydrogens is 395 g/mol. The first-order valence-electron chi connectivity index (χ1n) is 10.6. The minimum absolute atomic E-state index is 0.0411. The number of fused-ring (bicyclic) bond motifs is 5. The second-order valence-electron chi connectivity index (χ2n) is 8.56. The molecule has 29 heavy (non-hydrogen) atoms. The summed E-state index contributed by atoms with van der Waals surface area (Å²) in [6.07, 6.45) is 6.83. The fourth-order valence-electron chi connectivity index (χ4n) is 5.08. The second-order valence-corrected chi connectivity index (χ2v) is 10.3. The van der Waals surface area contributed by atoms with Crippen LogP contribution in [0.2, 0.25) is 0 Å². The smallest absolute Gasteiger partial charge is 0.209 e. The largest absolute Gasteiger partial charge is 0.489 e. The highest BCUT2D eigenvalue weighted by atomic mass is 32.2. The molecule has 0 amide bonds. The molecule has 3 heterocycles. The maximum absolute atomic E-state index is 14.5. The molecule has 2 bridgehead atoms. The van der Waals surface area contributed by atoms with E-state index in [0.29, 0.717) is 31.4 Å². The van der Waals surface area contributed by atoms with Crippen molar-refractivity contribution in [3.8, 4) is 5.75 Å². The van der Waals surface area contributed by atoms with Crippen LogP contribution in [-0.2, 0) is 14.8 Å². The lowest BCUT2D eigenvalue weighted by atomic mass is 9.82. The standard InChI is InChI=1S/C21H31FN2O4S/c1-29(25,26)23-19-6-3-11-24-12-13-27-21-17(4-2-5-18(21)22)15-7-9-16(10-8-15)28-14-20(19)24/h2,4-5,15-16,19-20,23H,3,6-14H2,1H3/t15-,16+,19-,20-/m0/s1. The third-order valence-electron chi connectivity index (χ3n) is 6.50. The number of nitrogens with one attached hydrogen (secondary N) is 1. The summed E-state index contributed by atoms with van der Waals surface area (Å²) in [7, 11) is -3.30. The van der Waals surface area contributed by atoms with E-state index in [1.54, 1.807) is 6.07 Å². The first-order chi connectivity index (χ1) is 13.9. The Balaban J connectivity index is 1.58. The number of piperidine rings is 1. The van der Waals surface area contributed by atoms with E-state index in [2.05, 4.69) is 9.62 Å². The molecule has 0 unspecified atom stereocenters. The molecule has 1 aromatic rings. The maximum atomic E-state index is 14.5. The second kappa shape index (κ2) is 8.88. The number of nitrogens with zero attached hydrogens (tertiary/aromatic N) is 1. The van der Waals surface area contributed by atoms with Gasteiger partial charge in [-0.05, 0) is 57.1 Å². The third kappa shape index (κ3) is 5.10. The van der Waals surface area contributed by atoms with Crippen LogP contribution in [0.3, 0.4) is 0 Å². The van der Waals surface area contributed by atoms with Crippen LogP contribution in [0, 0.1) is 5.82 Å². The fourth-order valence-corrected chi connectivity index (χ4v) is 5.90. The Morgan fingerprint density at radius 1 is 1.14 bits per heavy atom. The molecule has 6 nitrogen and oxygen atoms in total. The van der Waals surface area contributed by atoms with Gasteiger partial charge in [-0.3, -0.25) is 4.90 Å². The van der Waals surface area contributed by atoms with E-state index < -0.39 is 10.0 Å². The van der Waals surface area contributed by atoms with Crippen molar-refractivity contribution < 1.29 is 22.3 Å². The highest BCUT2D eigenvalue weighted by molar-refractivity contribution is 7.88. The zero-order valence-electron chi connectivity index (χ0n) is 17.0. The first-order valence-corrected chi connectivity index (χ1v) is 12.5. The van der Waals surface area contributed by atoms with Crippen LogP contribution in [0.4, 0.5) is 4.39 Å². The van der Waals surface area contributed by atoms with Gasteiger partial charge >= 0.3 is 0 Å². The maximum Gasteiger partial charge on any atom is 0.209 e. The van der Waals surface area contributed by atoms with Crippen LogP contribution >= 0.6 is 0 Å². The van der Waals surface area contributed by atoms with Crippen molar-refractivity contribution in [2.24, 2.45) is 0 Å². The summed E-state index contributed by atoms with van der Waals surface area (Å²) in [5, 5.41) is 0. The Morgan fingerprint density at radius 3 is 2.69 bits per heavy atom. The molecule has 1 saturated carbocycles. The number of sulfonamides is 1. The molecule has 1 aromatic carbocycles. The Hall–Kier alpha value is -1.22. The summed E-state index contributed by atoms with van der Waals surface area (Å²) in [6.45, 7) is 2.34. The topological polar surface area (TPSA) is 67.9 Å². The van der Waals surface area contributed by atoms with E-state index in [9.17, 15) is 12.8 Å². The molecule has 1 saturated heterocycles. The summed E-state index contributed by atoms with van der Waals surface area (Å²) < 4.78 is 53.3. The van der Waals surface area contributed by atoms with E-state index in [0.717, 1.165) is 50.6 Å². The van der Waals surface area contributed by atoms with Gasteiger partial charge in [0, 0.05) is 24.2 Å². The fraction of sp³-hybridized carbons (Fsp3) is 0.714. The summed E-state index contributed by atoms with van der Waals surface area (Å²) >= 11 is 0. The lowest BCUT2D eigenvalue weighted by Gasteiger charge is -2.41. The molecule has 162 valence electrons. The van der Waals surface area contributed by atoms with Crippen molar-refractivity contribution in [2.75, 3.05) is 32.6 Å². The van der Waals surface area contributed by atoms with Gasteiger partial charge in [-0.15, -0.1) is 0 Å². The number of benzene rings is 1. The van der Waals surface area contributed by atoms with Crippen molar-refractivity contribution in [1.82, 2.24) is 9.62 Å². The molecule has 4 aliphatic rings. The molecule has 3 aliphatic heterocycles. The van der Waals surface area contributed by atoms with E-state index in [1.165, 1.54) is 12.3 Å². The number of halogens is 1. The number of ether oxygens (including phenoxy) is 2. The average molecular weight is 427 g/mol. The van der Waals surface area contributed by atoms with Gasteiger partial charge < -0.3 is 9.47 Å². The van der Waals surface area contributed by atoms with Crippen molar-refractivity contribution in [3.63, 3.8) is 0 Å². The van der Waals surface area contributed by atoms with Crippen LogP contribution in [0.5, 0.6) is 5.75 Å². The summed E-state index contributed by atoms with van der Waals surface area (Å²) in [5.74, 6) is 0.376. The molecule has 1 aliphatic carbocycles. The zero-order chi connectivity index (χ0) is 20.4. The first kappa shape index (κ1) is 21.0. The average Bonchev–Trinajstić information content (AvgIpc) is 2.69. The lowest BCUT2D eigenvalue weighted by molar-refractivity contribution is -0.0284. The molecule has 5 rings (SSSR count). The van der Waals surface area contributed by atoms with Crippen molar-refractivity contribution in [1.29, 1.82) is 0 Å². The van der Waals surface area contributed by atoms with Gasteiger partial charge in [0.25, 0.3) is 0 Å². The van der Waals surface area contributed by atoms with Crippen LogP contribution < -0.4 is 9.46 Å². The SMILES string of the molecule is CS(=O)(=O)N[C@H]1CCCN2CCOc3c(F)cccc3[C@H]3CC[C@H](CC3)OC[C@@H]12. The molecule has 0 aromatic heterocycles. The molecule has 0 radical (unpaired) electrons. The van der Waals surface area contributed by atoms with E-state index >= 15 is 0 Å². The number of rotatable bonds is 2. The molecule has 1 N–H and O–H groups in total. The van der Waals surface area contributed by atoms with Gasteiger partial charge in [-0.2, -0.15) is 0 Å². The number of hydrogen-bond donors (Lipinski definition) is 1. The molecular formula is C21H31FN2O4S. The van der Waals surface area contributed by atoms with Crippen LogP contribution in [0.1, 0.15) is 50.0 Å². The summed E-state index contributed by atoms with van der Waals surface area (Å²) in [4.78, 5) is 2.23. The van der Waals surface area contributed by atoms with Gasteiger partial charge in [0.2, 0.25) is 10.0 Å². The highest BCUT2D eigenvalue weighted by Gasteiger charge is 2.35. The summed E-state index contributed by atoms with van der Waals surface area (Å²) in [6, 6.07) is 4.99. The third-order valence-corrected chi connectivity index (χ3v) is 7.23. The minimum atomic E-state index is -3.30. The predicted molar refractivity (Wildman–Crippen MR) is 109 cm³/mol. The van der Waals surface area contributed by atoms with Gasteiger partial charge in [-0.1, -0.05) is 12.1 Å². The van der Waals surface area contributed by atoms with Crippen molar-refractivity contribution in [3.05, 3.63) is 29.6 Å². The predicted octanol–water partition coefficient (Wildman–Crippen LogP) is 2.64. The number of para-hydroxylation sites is 1. The highest BCUT2D eigenvalue weighted by Crippen LogP contribution is 2.39. The van der Waals surface area contributed by atoms with Crippen molar-refractivity contribution >= 4 is 10.0 Å². The summed E-state index contributed by atoms with van der Waals surface area (Å²) in [5.41, 5.74) is 0.967. The molecule has 0 spiro atoms. The van der Waals surface area contributed by atoms with E-state index in [4.69, 9.17) is 9.47 Å². The minimum Gasteiger partial charge on any atom is -0.489 e. The van der Waals surface area contributed by atoms with Gasteiger partial charge in [-0.25, -0.2) is 17.5 Å². The Bertz CT molecular complexity index is 811. The van der Waals surface area contributed by atoms with Gasteiger partial charge in [0.1, 0.15) is 6.61 Å². The van der Waals surface area contributed by atoms with Crippen LogP contribution in [0.15, 0.2) is 18.2 Å². The molecule has 2 atom stereocenters. The van der Waals surface area contributed by atoms with Crippen LogP contribution in [-0.4, -0.2) is 64.1 Å². The molecule has 8 heteroatoms. The van der Waals surface area contributed by atoms with Gasteiger partial charge in [0.05, 0.1) is 19.0 Å². The Labute approximate surface area is 172 Å².